The van der Waals surface area contributed by atoms with Crippen molar-refractivity contribution in [2.75, 3.05) is 7.11 Å². The molecule has 1 atom stereocenters. The molecule has 2 rings (SSSR count). The molecule has 0 fully saturated rings. The fraction of sp³-hybridized carbons (Fsp3) is 0.375. The fourth-order valence-electron chi connectivity index (χ4n) is 1.95. The van der Waals surface area contributed by atoms with E-state index in [2.05, 4.69) is 19.2 Å². The minimum atomic E-state index is 0.592. The van der Waals surface area contributed by atoms with Gasteiger partial charge in [-0.1, -0.05) is 18.5 Å². The van der Waals surface area contributed by atoms with Gasteiger partial charge in [0.05, 0.1) is 18.2 Å². The predicted molar refractivity (Wildman–Crippen MR) is 81.1 cm³/mol. The summed E-state index contributed by atoms with van der Waals surface area (Å²) in [6.07, 6.45) is 1.15. The standard InChI is InChI=1S/C16H20ClNO2/c1-4-11(2)18-10-13-6-8-15(20-13)12-5-7-16(19-3)14(17)9-12/h5-9,11,18H,4,10H2,1-3H3/p+1/t11-/m0/s1. The van der Waals surface area contributed by atoms with E-state index in [9.17, 15) is 0 Å². The Balaban J connectivity index is 2.10. The Morgan fingerprint density at radius 1 is 1.30 bits per heavy atom. The second kappa shape index (κ2) is 6.82. The van der Waals surface area contributed by atoms with Gasteiger partial charge in [-0.15, -0.1) is 0 Å². The van der Waals surface area contributed by atoms with Crippen molar-refractivity contribution in [1.82, 2.24) is 0 Å². The maximum atomic E-state index is 6.13. The van der Waals surface area contributed by atoms with E-state index in [0.29, 0.717) is 16.8 Å². The van der Waals surface area contributed by atoms with Gasteiger partial charge in [0, 0.05) is 5.56 Å². The van der Waals surface area contributed by atoms with Crippen LogP contribution in [0.3, 0.4) is 0 Å². The summed E-state index contributed by atoms with van der Waals surface area (Å²) in [5.74, 6) is 2.49. The molecule has 0 spiro atoms. The maximum Gasteiger partial charge on any atom is 0.158 e. The summed E-state index contributed by atoms with van der Waals surface area (Å²) in [5.41, 5.74) is 0.964. The van der Waals surface area contributed by atoms with Crippen molar-refractivity contribution in [2.24, 2.45) is 0 Å². The summed E-state index contributed by atoms with van der Waals surface area (Å²) in [5, 5.41) is 2.87. The van der Waals surface area contributed by atoms with E-state index in [1.165, 1.54) is 0 Å². The highest BCUT2D eigenvalue weighted by Gasteiger charge is 2.10. The molecule has 0 radical (unpaired) electrons. The van der Waals surface area contributed by atoms with Crippen LogP contribution in [-0.4, -0.2) is 13.2 Å². The van der Waals surface area contributed by atoms with Crippen molar-refractivity contribution >= 4 is 11.6 Å². The molecule has 3 nitrogen and oxygen atoms in total. The smallest absolute Gasteiger partial charge is 0.158 e. The van der Waals surface area contributed by atoms with E-state index in [1.807, 2.05) is 30.3 Å². The molecule has 1 heterocycles. The Labute approximate surface area is 124 Å². The molecule has 0 amide bonds. The predicted octanol–water partition coefficient (Wildman–Crippen LogP) is 3.47. The Bertz CT molecular complexity index is 565. The van der Waals surface area contributed by atoms with Crippen LogP contribution < -0.4 is 10.1 Å². The number of rotatable bonds is 6. The third-order valence-corrected chi connectivity index (χ3v) is 3.76. The topological polar surface area (TPSA) is 39.0 Å². The molecule has 0 saturated carbocycles. The average Bonchev–Trinajstić information content (AvgIpc) is 2.93. The van der Waals surface area contributed by atoms with Crippen LogP contribution in [0.5, 0.6) is 5.75 Å². The van der Waals surface area contributed by atoms with Crippen LogP contribution in [-0.2, 0) is 6.54 Å². The van der Waals surface area contributed by atoms with Crippen molar-refractivity contribution in [3.63, 3.8) is 0 Å². The first kappa shape index (κ1) is 14.9. The third kappa shape index (κ3) is 3.56. The zero-order valence-electron chi connectivity index (χ0n) is 12.2. The molecule has 1 aromatic carbocycles. The first-order chi connectivity index (χ1) is 9.63. The molecule has 0 unspecified atom stereocenters. The Hall–Kier alpha value is -1.45. The summed E-state index contributed by atoms with van der Waals surface area (Å²) in [6, 6.07) is 10.3. The molecule has 1 aromatic heterocycles. The van der Waals surface area contributed by atoms with Crippen LogP contribution in [0.15, 0.2) is 34.7 Å². The SMILES string of the molecule is CC[C@H](C)[NH2+]Cc1ccc(-c2ccc(OC)c(Cl)c2)o1. The molecule has 108 valence electrons. The van der Waals surface area contributed by atoms with Gasteiger partial charge >= 0.3 is 0 Å². The van der Waals surface area contributed by atoms with E-state index >= 15 is 0 Å². The maximum absolute atomic E-state index is 6.13. The molecule has 2 aromatic rings. The van der Waals surface area contributed by atoms with Gasteiger partial charge in [0.25, 0.3) is 0 Å². The van der Waals surface area contributed by atoms with Gasteiger partial charge < -0.3 is 14.5 Å². The highest BCUT2D eigenvalue weighted by atomic mass is 35.5. The lowest BCUT2D eigenvalue weighted by atomic mass is 10.2. The first-order valence-corrected chi connectivity index (χ1v) is 7.27. The van der Waals surface area contributed by atoms with E-state index < -0.39 is 0 Å². The Morgan fingerprint density at radius 3 is 2.75 bits per heavy atom. The van der Waals surface area contributed by atoms with Gasteiger partial charge in [-0.2, -0.15) is 0 Å². The summed E-state index contributed by atoms with van der Waals surface area (Å²) in [4.78, 5) is 0. The van der Waals surface area contributed by atoms with Crippen molar-refractivity contribution in [3.05, 3.63) is 41.1 Å². The number of halogens is 1. The van der Waals surface area contributed by atoms with E-state index in [0.717, 1.165) is 30.0 Å². The summed E-state index contributed by atoms with van der Waals surface area (Å²) in [6.45, 7) is 5.26. The van der Waals surface area contributed by atoms with Crippen LogP contribution in [0.4, 0.5) is 0 Å². The Morgan fingerprint density at radius 2 is 2.10 bits per heavy atom. The molecule has 4 heteroatoms. The number of hydrogen-bond acceptors (Lipinski definition) is 2. The quantitative estimate of drug-likeness (QED) is 0.886. The van der Waals surface area contributed by atoms with Gasteiger partial charge in [-0.05, 0) is 43.7 Å². The van der Waals surface area contributed by atoms with Gasteiger partial charge in [-0.3, -0.25) is 0 Å². The normalized spacial score (nSPS) is 12.4. The number of ether oxygens (including phenoxy) is 1. The lowest BCUT2D eigenvalue weighted by Crippen LogP contribution is -2.87. The fourth-order valence-corrected chi connectivity index (χ4v) is 2.20. The number of nitrogens with two attached hydrogens (primary N) is 1. The van der Waals surface area contributed by atoms with Crippen LogP contribution in [0, 0.1) is 0 Å². The number of hydrogen-bond donors (Lipinski definition) is 1. The second-order valence-electron chi connectivity index (χ2n) is 4.94. The van der Waals surface area contributed by atoms with E-state index in [4.69, 9.17) is 20.8 Å². The van der Waals surface area contributed by atoms with Crippen LogP contribution in [0.2, 0.25) is 5.02 Å². The molecule has 0 bridgehead atoms. The highest BCUT2D eigenvalue weighted by Crippen LogP contribution is 2.30. The monoisotopic (exact) mass is 294 g/mol. The minimum Gasteiger partial charge on any atom is -0.495 e. The molecule has 0 aliphatic carbocycles. The van der Waals surface area contributed by atoms with E-state index in [-0.39, 0.29) is 0 Å². The first-order valence-electron chi connectivity index (χ1n) is 6.90. The summed E-state index contributed by atoms with van der Waals surface area (Å²) < 4.78 is 11.0. The van der Waals surface area contributed by atoms with Crippen molar-refractivity contribution in [2.45, 2.75) is 32.9 Å². The third-order valence-electron chi connectivity index (χ3n) is 3.46. The van der Waals surface area contributed by atoms with Gasteiger partial charge in [0.15, 0.2) is 5.76 Å². The van der Waals surface area contributed by atoms with Gasteiger partial charge in [-0.25, -0.2) is 0 Å². The number of benzene rings is 1. The number of methoxy groups -OCH3 is 1. The lowest BCUT2D eigenvalue weighted by Gasteiger charge is -2.06. The molecule has 0 aliphatic rings. The summed E-state index contributed by atoms with van der Waals surface area (Å²) >= 11 is 6.13. The molecule has 20 heavy (non-hydrogen) atoms. The molecular weight excluding hydrogens is 274 g/mol. The Kier molecular flexibility index (Phi) is 5.10. The van der Waals surface area contributed by atoms with Gasteiger partial charge in [0.2, 0.25) is 0 Å². The average molecular weight is 295 g/mol. The number of furan rings is 1. The molecular formula is C16H21ClNO2+. The van der Waals surface area contributed by atoms with Gasteiger partial charge in [0.1, 0.15) is 18.1 Å². The molecule has 0 saturated heterocycles. The zero-order valence-corrected chi connectivity index (χ0v) is 12.9. The van der Waals surface area contributed by atoms with Crippen LogP contribution in [0.1, 0.15) is 26.0 Å². The van der Waals surface area contributed by atoms with Crippen LogP contribution >= 0.6 is 11.6 Å². The minimum absolute atomic E-state index is 0.592. The molecule has 2 N–H and O–H groups in total. The summed E-state index contributed by atoms with van der Waals surface area (Å²) in [7, 11) is 1.61. The van der Waals surface area contributed by atoms with Crippen molar-refractivity contribution in [1.29, 1.82) is 0 Å². The molecule has 0 aliphatic heterocycles. The van der Waals surface area contributed by atoms with E-state index in [1.54, 1.807) is 7.11 Å². The zero-order chi connectivity index (χ0) is 14.5. The number of quaternary nitrogens is 1. The van der Waals surface area contributed by atoms with Crippen LogP contribution in [0.25, 0.3) is 11.3 Å². The lowest BCUT2D eigenvalue weighted by molar-refractivity contribution is -0.703. The largest absolute Gasteiger partial charge is 0.495 e. The highest BCUT2D eigenvalue weighted by molar-refractivity contribution is 6.32. The van der Waals surface area contributed by atoms with Crippen molar-refractivity contribution in [3.8, 4) is 17.1 Å². The second-order valence-corrected chi connectivity index (χ2v) is 5.35. The van der Waals surface area contributed by atoms with Crippen molar-refractivity contribution < 1.29 is 14.5 Å².